The molecule has 2 aliphatic heterocycles. The number of carbonyl (C=O) groups is 2. The third-order valence-corrected chi connectivity index (χ3v) is 6.57. The first-order chi connectivity index (χ1) is 9.68. The molecule has 2 unspecified atom stereocenters. The molecule has 0 aromatic heterocycles. The fourth-order valence-electron chi connectivity index (χ4n) is 2.81. The van der Waals surface area contributed by atoms with Crippen LogP contribution in [0.15, 0.2) is 0 Å². The summed E-state index contributed by atoms with van der Waals surface area (Å²) in [6, 6.07) is -0.698. The van der Waals surface area contributed by atoms with E-state index >= 15 is 0 Å². The number of carboxylic acids is 1. The summed E-state index contributed by atoms with van der Waals surface area (Å²) in [5.74, 6) is 2.23. The number of rotatable bonds is 2. The molecule has 1 aliphatic carbocycles. The van der Waals surface area contributed by atoms with Crippen molar-refractivity contribution in [3.63, 3.8) is 0 Å². The van der Waals surface area contributed by atoms with Crippen molar-refractivity contribution >= 4 is 35.5 Å². The Hall–Kier alpha value is -0.560. The van der Waals surface area contributed by atoms with E-state index in [0.717, 1.165) is 43.9 Å². The number of urea groups is 1. The number of amides is 2. The normalized spacial score (nSPS) is 31.2. The third-order valence-electron chi connectivity index (χ3n) is 4.06. The maximum absolute atomic E-state index is 12.8. The molecule has 2 amide bonds. The summed E-state index contributed by atoms with van der Waals surface area (Å²) in [5, 5.41) is 9.46. The van der Waals surface area contributed by atoms with Gasteiger partial charge in [0, 0.05) is 24.6 Å². The van der Waals surface area contributed by atoms with Crippen molar-refractivity contribution in [2.75, 3.05) is 30.3 Å². The van der Waals surface area contributed by atoms with Gasteiger partial charge in [0.25, 0.3) is 0 Å². The van der Waals surface area contributed by atoms with Crippen molar-refractivity contribution in [1.29, 1.82) is 0 Å². The summed E-state index contributed by atoms with van der Waals surface area (Å²) in [5.41, 5.74) is 0. The highest BCUT2D eigenvalue weighted by Gasteiger charge is 2.49. The molecule has 2 saturated heterocycles. The zero-order chi connectivity index (χ0) is 14.1. The Morgan fingerprint density at radius 3 is 2.65 bits per heavy atom. The van der Waals surface area contributed by atoms with Crippen LogP contribution in [-0.4, -0.2) is 68.7 Å². The Morgan fingerprint density at radius 1 is 1.15 bits per heavy atom. The predicted molar refractivity (Wildman–Crippen MR) is 81.1 cm³/mol. The van der Waals surface area contributed by atoms with E-state index in [0.29, 0.717) is 11.7 Å². The molecule has 7 heteroatoms. The minimum atomic E-state index is -0.863. The van der Waals surface area contributed by atoms with E-state index in [-0.39, 0.29) is 11.4 Å². The van der Waals surface area contributed by atoms with Crippen molar-refractivity contribution in [2.24, 2.45) is 5.92 Å². The Morgan fingerprint density at radius 2 is 1.95 bits per heavy atom. The molecule has 3 rings (SSSR count). The van der Waals surface area contributed by atoms with E-state index in [9.17, 15) is 14.7 Å². The van der Waals surface area contributed by atoms with Crippen LogP contribution in [0.1, 0.15) is 19.3 Å². The summed E-state index contributed by atoms with van der Waals surface area (Å²) in [6.45, 7) is 1.51. The zero-order valence-corrected chi connectivity index (χ0v) is 13.0. The lowest BCUT2D eigenvalue weighted by molar-refractivity contribution is -0.141. The second kappa shape index (κ2) is 6.05. The minimum Gasteiger partial charge on any atom is -0.480 e. The molecular weight excluding hydrogens is 296 g/mol. The number of hydrogen-bond acceptors (Lipinski definition) is 4. The van der Waals surface area contributed by atoms with Crippen molar-refractivity contribution in [1.82, 2.24) is 9.80 Å². The van der Waals surface area contributed by atoms with Crippen LogP contribution in [0, 0.1) is 5.92 Å². The minimum absolute atomic E-state index is 0.0539. The molecule has 0 spiro atoms. The monoisotopic (exact) mass is 316 g/mol. The maximum Gasteiger partial charge on any atom is 0.327 e. The van der Waals surface area contributed by atoms with Crippen LogP contribution in [-0.2, 0) is 4.79 Å². The van der Waals surface area contributed by atoms with Gasteiger partial charge in [-0.2, -0.15) is 11.8 Å². The van der Waals surface area contributed by atoms with E-state index in [4.69, 9.17) is 0 Å². The summed E-state index contributed by atoms with van der Waals surface area (Å²) in [4.78, 5) is 27.7. The molecule has 3 aliphatic rings. The van der Waals surface area contributed by atoms with Gasteiger partial charge in [-0.1, -0.05) is 0 Å². The second-order valence-corrected chi connectivity index (χ2v) is 7.93. The number of carboxylic acid groups (broad SMARTS) is 1. The average Bonchev–Trinajstić information content (AvgIpc) is 3.21. The first kappa shape index (κ1) is 14.4. The van der Waals surface area contributed by atoms with Crippen LogP contribution in [0.2, 0.25) is 0 Å². The van der Waals surface area contributed by atoms with Gasteiger partial charge in [-0.25, -0.2) is 9.59 Å². The zero-order valence-electron chi connectivity index (χ0n) is 11.4. The van der Waals surface area contributed by atoms with E-state index in [2.05, 4.69) is 0 Å². The highest BCUT2D eigenvalue weighted by molar-refractivity contribution is 8.00. The number of hydrogen-bond donors (Lipinski definition) is 1. The van der Waals surface area contributed by atoms with Crippen LogP contribution in [0.5, 0.6) is 0 Å². The number of carbonyl (C=O) groups excluding carboxylic acids is 1. The van der Waals surface area contributed by atoms with Crippen LogP contribution >= 0.6 is 23.5 Å². The van der Waals surface area contributed by atoms with Gasteiger partial charge in [0.05, 0.1) is 5.37 Å². The topological polar surface area (TPSA) is 60.9 Å². The molecule has 1 N–H and O–H groups in total. The number of nitrogens with zero attached hydrogens (tertiary/aromatic N) is 2. The van der Waals surface area contributed by atoms with Gasteiger partial charge >= 0.3 is 12.0 Å². The molecule has 3 fully saturated rings. The molecule has 0 aromatic rings. The van der Waals surface area contributed by atoms with Gasteiger partial charge in [-0.3, -0.25) is 4.90 Å². The molecule has 2 heterocycles. The fraction of sp³-hybridized carbons (Fsp3) is 0.846. The lowest BCUT2D eigenvalue weighted by Crippen LogP contribution is -2.52. The van der Waals surface area contributed by atoms with Crippen LogP contribution in [0.4, 0.5) is 4.79 Å². The van der Waals surface area contributed by atoms with Crippen LogP contribution in [0.25, 0.3) is 0 Å². The Kier molecular flexibility index (Phi) is 4.35. The third kappa shape index (κ3) is 2.88. The SMILES string of the molecule is O=C(O)C1CSC(C2CC2)N1C(=O)N1CCCSCC1. The summed E-state index contributed by atoms with van der Waals surface area (Å²) < 4.78 is 0. The molecule has 5 nitrogen and oxygen atoms in total. The predicted octanol–water partition coefficient (Wildman–Crippen LogP) is 1.78. The Labute approximate surface area is 127 Å². The Bertz CT molecular complexity index is 395. The molecule has 1 saturated carbocycles. The fourth-order valence-corrected chi connectivity index (χ4v) is 5.32. The standard InChI is InChI=1S/C13H20N2O3S2/c16-12(17)10-8-20-11(9-2-3-9)15(10)13(18)14-4-1-6-19-7-5-14/h9-11H,1-8H2,(H,16,17). The Balaban J connectivity index is 1.75. The average molecular weight is 316 g/mol. The second-order valence-electron chi connectivity index (χ2n) is 5.56. The molecule has 0 bridgehead atoms. The molecule has 0 aromatic carbocycles. The highest BCUT2D eigenvalue weighted by atomic mass is 32.2. The highest BCUT2D eigenvalue weighted by Crippen LogP contribution is 2.45. The number of aliphatic carboxylic acids is 1. The number of thioether (sulfide) groups is 2. The smallest absolute Gasteiger partial charge is 0.327 e. The van der Waals surface area contributed by atoms with Gasteiger partial charge in [0.2, 0.25) is 0 Å². The lowest BCUT2D eigenvalue weighted by Gasteiger charge is -2.33. The van der Waals surface area contributed by atoms with Crippen molar-refractivity contribution in [2.45, 2.75) is 30.7 Å². The van der Waals surface area contributed by atoms with Gasteiger partial charge in [0.1, 0.15) is 6.04 Å². The molecule has 112 valence electrons. The first-order valence-electron chi connectivity index (χ1n) is 7.18. The largest absolute Gasteiger partial charge is 0.480 e. The molecular formula is C13H20N2O3S2. The first-order valence-corrected chi connectivity index (χ1v) is 9.38. The van der Waals surface area contributed by atoms with Gasteiger partial charge in [-0.05, 0) is 30.9 Å². The van der Waals surface area contributed by atoms with Crippen molar-refractivity contribution in [3.05, 3.63) is 0 Å². The molecule has 20 heavy (non-hydrogen) atoms. The van der Waals surface area contributed by atoms with Gasteiger partial charge < -0.3 is 10.0 Å². The molecule has 0 radical (unpaired) electrons. The lowest BCUT2D eigenvalue weighted by atomic mass is 10.2. The van der Waals surface area contributed by atoms with Gasteiger partial charge in [0.15, 0.2) is 0 Å². The maximum atomic E-state index is 12.8. The summed E-state index contributed by atoms with van der Waals surface area (Å²) in [7, 11) is 0. The van der Waals surface area contributed by atoms with Gasteiger partial charge in [-0.15, -0.1) is 11.8 Å². The summed E-state index contributed by atoms with van der Waals surface area (Å²) >= 11 is 3.52. The van der Waals surface area contributed by atoms with Crippen LogP contribution < -0.4 is 0 Å². The van der Waals surface area contributed by atoms with E-state index in [1.807, 2.05) is 16.7 Å². The summed E-state index contributed by atoms with van der Waals surface area (Å²) in [6.07, 6.45) is 3.26. The van der Waals surface area contributed by atoms with E-state index in [1.165, 1.54) is 0 Å². The quantitative estimate of drug-likeness (QED) is 0.841. The van der Waals surface area contributed by atoms with E-state index in [1.54, 1.807) is 16.7 Å². The van der Waals surface area contributed by atoms with Crippen molar-refractivity contribution < 1.29 is 14.7 Å². The van der Waals surface area contributed by atoms with Crippen LogP contribution in [0.3, 0.4) is 0 Å². The molecule has 2 atom stereocenters. The van der Waals surface area contributed by atoms with Crippen molar-refractivity contribution in [3.8, 4) is 0 Å². The van der Waals surface area contributed by atoms with E-state index < -0.39 is 12.0 Å².